The molecule has 1 fully saturated rings. The monoisotopic (exact) mass is 329 g/mol. The molecule has 0 atom stereocenters. The van der Waals surface area contributed by atoms with E-state index in [1.807, 2.05) is 0 Å². The third kappa shape index (κ3) is 4.40. The first-order valence-electron chi connectivity index (χ1n) is 7.57. The summed E-state index contributed by atoms with van der Waals surface area (Å²) < 4.78 is 12.0. The molecular formula is C14H27N3O2SSi. The second kappa shape index (κ2) is 6.22. The zero-order valence-electron chi connectivity index (χ0n) is 13.7. The zero-order chi connectivity index (χ0) is 15.7. The smallest absolute Gasteiger partial charge is 0.295 e. The van der Waals surface area contributed by atoms with E-state index < -0.39 is 8.32 Å². The van der Waals surface area contributed by atoms with Crippen molar-refractivity contribution in [2.45, 2.75) is 64.3 Å². The van der Waals surface area contributed by atoms with Crippen molar-refractivity contribution in [2.75, 3.05) is 12.3 Å². The topological polar surface area (TPSA) is 70.3 Å². The van der Waals surface area contributed by atoms with Crippen LogP contribution in [-0.2, 0) is 4.43 Å². The Kier molecular flexibility index (Phi) is 4.95. The van der Waals surface area contributed by atoms with Crippen LogP contribution in [0.5, 0.6) is 5.19 Å². The van der Waals surface area contributed by atoms with Crippen molar-refractivity contribution in [1.82, 2.24) is 10.2 Å². The lowest BCUT2D eigenvalue weighted by Crippen LogP contribution is -2.47. The van der Waals surface area contributed by atoms with Crippen molar-refractivity contribution >= 4 is 24.8 Å². The van der Waals surface area contributed by atoms with Gasteiger partial charge in [0.1, 0.15) is 0 Å². The molecule has 2 rings (SSSR count). The average molecular weight is 330 g/mol. The fourth-order valence-electron chi connectivity index (χ4n) is 2.19. The number of anilines is 1. The first kappa shape index (κ1) is 16.7. The van der Waals surface area contributed by atoms with Crippen LogP contribution in [0.2, 0.25) is 18.1 Å². The molecule has 0 spiro atoms. The van der Waals surface area contributed by atoms with Gasteiger partial charge in [0, 0.05) is 6.10 Å². The van der Waals surface area contributed by atoms with Crippen molar-refractivity contribution in [1.29, 1.82) is 0 Å². The van der Waals surface area contributed by atoms with Gasteiger partial charge in [0.25, 0.3) is 5.19 Å². The van der Waals surface area contributed by atoms with E-state index in [2.05, 4.69) is 44.1 Å². The predicted octanol–water partition coefficient (Wildman–Crippen LogP) is 3.69. The summed E-state index contributed by atoms with van der Waals surface area (Å²) >= 11 is 1.29. The van der Waals surface area contributed by atoms with Crippen molar-refractivity contribution in [3.63, 3.8) is 0 Å². The maximum Gasteiger partial charge on any atom is 0.295 e. The number of nitrogen functional groups attached to an aromatic ring is 1. The summed E-state index contributed by atoms with van der Waals surface area (Å²) in [6.45, 7) is 12.2. The summed E-state index contributed by atoms with van der Waals surface area (Å²) in [5.41, 5.74) is 5.51. The van der Waals surface area contributed by atoms with Gasteiger partial charge < -0.3 is 14.9 Å². The van der Waals surface area contributed by atoms with E-state index in [9.17, 15) is 0 Å². The molecule has 1 heterocycles. The van der Waals surface area contributed by atoms with Crippen molar-refractivity contribution in [2.24, 2.45) is 5.92 Å². The Morgan fingerprint density at radius 2 is 1.95 bits per heavy atom. The van der Waals surface area contributed by atoms with Gasteiger partial charge in [0.2, 0.25) is 5.13 Å². The van der Waals surface area contributed by atoms with Gasteiger partial charge in [-0.15, -0.1) is 5.10 Å². The van der Waals surface area contributed by atoms with Crippen molar-refractivity contribution in [3.8, 4) is 5.19 Å². The second-order valence-corrected chi connectivity index (χ2v) is 13.1. The summed E-state index contributed by atoms with van der Waals surface area (Å²) in [6.07, 6.45) is 3.83. The summed E-state index contributed by atoms with van der Waals surface area (Å²) in [7, 11) is -1.61. The highest BCUT2D eigenvalue weighted by Crippen LogP contribution is 2.42. The highest BCUT2D eigenvalue weighted by atomic mass is 32.1. The molecule has 1 aliphatic carbocycles. The van der Waals surface area contributed by atoms with E-state index in [-0.39, 0.29) is 0 Å². The number of nitrogens with zero attached hydrogens (tertiary/aromatic N) is 2. The first-order chi connectivity index (χ1) is 9.67. The molecule has 5 nitrogen and oxygen atoms in total. The maximum absolute atomic E-state index is 6.40. The van der Waals surface area contributed by atoms with E-state index in [0.717, 1.165) is 19.3 Å². The second-order valence-electron chi connectivity index (χ2n) is 7.38. The van der Waals surface area contributed by atoms with Crippen LogP contribution in [0.15, 0.2) is 0 Å². The maximum atomic E-state index is 6.40. The van der Waals surface area contributed by atoms with Crippen LogP contribution in [0.4, 0.5) is 5.13 Å². The molecule has 0 radical (unpaired) electrons. The Bertz CT molecular complexity index is 467. The SMILES string of the molecule is CC(C)(C)[Si](C)(C)OC1CC(CCOc2nnc(N)s2)C1. The lowest BCUT2D eigenvalue weighted by atomic mass is 9.80. The number of aromatic nitrogens is 2. The van der Waals surface area contributed by atoms with Crippen LogP contribution in [0, 0.1) is 5.92 Å². The molecule has 7 heteroatoms. The minimum atomic E-state index is -1.61. The molecule has 0 aliphatic heterocycles. The van der Waals surface area contributed by atoms with Crippen molar-refractivity contribution < 1.29 is 9.16 Å². The third-order valence-corrected chi connectivity index (χ3v) is 9.83. The highest BCUT2D eigenvalue weighted by Gasteiger charge is 2.42. The summed E-state index contributed by atoms with van der Waals surface area (Å²) in [4.78, 5) is 0. The Morgan fingerprint density at radius 1 is 1.29 bits per heavy atom. The molecule has 1 aliphatic rings. The standard InChI is InChI=1S/C14H27N3O2SSi/c1-14(2,3)21(4,5)19-11-8-10(9-11)6-7-18-13-17-16-12(15)20-13/h10-11H,6-9H2,1-5H3,(H2,15,16). The van der Waals surface area contributed by atoms with Gasteiger partial charge in [-0.2, -0.15) is 0 Å². The number of hydrogen-bond donors (Lipinski definition) is 1. The first-order valence-corrected chi connectivity index (χ1v) is 11.3. The van der Waals surface area contributed by atoms with Crippen LogP contribution in [0.3, 0.4) is 0 Å². The van der Waals surface area contributed by atoms with Gasteiger partial charge in [-0.25, -0.2) is 0 Å². The van der Waals surface area contributed by atoms with E-state index >= 15 is 0 Å². The van der Waals surface area contributed by atoms with Crippen LogP contribution >= 0.6 is 11.3 Å². The number of ether oxygens (including phenoxy) is 1. The molecule has 0 unspecified atom stereocenters. The van der Waals surface area contributed by atoms with E-state index in [4.69, 9.17) is 14.9 Å². The molecule has 21 heavy (non-hydrogen) atoms. The number of rotatable bonds is 6. The molecule has 2 N–H and O–H groups in total. The summed E-state index contributed by atoms with van der Waals surface area (Å²) in [6, 6.07) is 0. The third-order valence-electron chi connectivity index (χ3n) is 4.63. The fourth-order valence-corrected chi connectivity index (χ4v) is 4.06. The van der Waals surface area contributed by atoms with E-state index in [1.165, 1.54) is 11.3 Å². The van der Waals surface area contributed by atoms with Gasteiger partial charge >= 0.3 is 0 Å². The molecule has 1 aromatic rings. The summed E-state index contributed by atoms with van der Waals surface area (Å²) in [5, 5.41) is 8.89. The predicted molar refractivity (Wildman–Crippen MR) is 89.2 cm³/mol. The van der Waals surface area contributed by atoms with Crippen LogP contribution < -0.4 is 10.5 Å². The molecule has 1 saturated carbocycles. The normalized spacial score (nSPS) is 22.9. The fraction of sp³-hybridized carbons (Fsp3) is 0.857. The van der Waals surface area contributed by atoms with Gasteiger partial charge in [-0.3, -0.25) is 0 Å². The zero-order valence-corrected chi connectivity index (χ0v) is 15.5. The Hall–Kier alpha value is -0.663. The minimum Gasteiger partial charge on any atom is -0.469 e. The van der Waals surface area contributed by atoms with Crippen molar-refractivity contribution in [3.05, 3.63) is 0 Å². The average Bonchev–Trinajstić information content (AvgIpc) is 2.70. The molecule has 0 saturated heterocycles. The van der Waals surface area contributed by atoms with Crippen LogP contribution in [0.25, 0.3) is 0 Å². The molecular weight excluding hydrogens is 302 g/mol. The summed E-state index contributed by atoms with van der Waals surface area (Å²) in [5.74, 6) is 0.713. The highest BCUT2D eigenvalue weighted by molar-refractivity contribution is 7.16. The van der Waals surface area contributed by atoms with E-state index in [1.54, 1.807) is 0 Å². The van der Waals surface area contributed by atoms with Gasteiger partial charge in [0.05, 0.1) is 6.61 Å². The van der Waals surface area contributed by atoms with Crippen LogP contribution in [-0.4, -0.2) is 31.2 Å². The largest absolute Gasteiger partial charge is 0.469 e. The van der Waals surface area contributed by atoms with Gasteiger partial charge in [-0.05, 0) is 54.6 Å². The Labute approximate surface area is 132 Å². The van der Waals surface area contributed by atoms with Gasteiger partial charge in [0.15, 0.2) is 8.32 Å². The Morgan fingerprint density at radius 3 is 2.48 bits per heavy atom. The number of hydrogen-bond acceptors (Lipinski definition) is 6. The minimum absolute atomic E-state index is 0.291. The van der Waals surface area contributed by atoms with Crippen LogP contribution in [0.1, 0.15) is 40.0 Å². The van der Waals surface area contributed by atoms with E-state index in [0.29, 0.717) is 34.0 Å². The molecule has 0 bridgehead atoms. The molecule has 0 aromatic carbocycles. The Balaban J connectivity index is 1.63. The van der Waals surface area contributed by atoms with Gasteiger partial charge in [-0.1, -0.05) is 25.9 Å². The lowest BCUT2D eigenvalue weighted by Gasteiger charge is -2.44. The molecule has 120 valence electrons. The number of nitrogens with two attached hydrogens (primary N) is 1. The lowest BCUT2D eigenvalue weighted by molar-refractivity contribution is 0.0422. The molecule has 0 amide bonds. The quantitative estimate of drug-likeness (QED) is 0.806. The molecule has 1 aromatic heterocycles.